The van der Waals surface area contributed by atoms with Gasteiger partial charge in [0.2, 0.25) is 0 Å². The lowest BCUT2D eigenvalue weighted by molar-refractivity contribution is 0.977. The molecule has 0 aliphatic carbocycles. The fourth-order valence-corrected chi connectivity index (χ4v) is 2.41. The van der Waals surface area contributed by atoms with E-state index in [0.717, 1.165) is 0 Å². The lowest BCUT2D eigenvalue weighted by atomic mass is 10.1. The number of nitrogens with zero attached hydrogens (tertiary/aromatic N) is 1. The minimum absolute atomic E-state index is 0. The Morgan fingerprint density at radius 2 is 1.74 bits per heavy atom. The van der Waals surface area contributed by atoms with E-state index in [4.69, 9.17) is 5.73 Å². The number of halogens is 1. The highest BCUT2D eigenvalue weighted by Crippen LogP contribution is 2.27. The van der Waals surface area contributed by atoms with Gasteiger partial charge in [0.1, 0.15) is 0 Å². The van der Waals surface area contributed by atoms with E-state index in [9.17, 15) is 0 Å². The summed E-state index contributed by atoms with van der Waals surface area (Å²) in [7, 11) is 2.10. The van der Waals surface area contributed by atoms with Crippen LogP contribution < -0.4 is 5.73 Å². The summed E-state index contributed by atoms with van der Waals surface area (Å²) < 4.78 is 2.23. The van der Waals surface area contributed by atoms with Crippen LogP contribution in [0.5, 0.6) is 0 Å². The number of hydrogen-bond acceptors (Lipinski definition) is 1. The molecule has 0 fully saturated rings. The van der Waals surface area contributed by atoms with Gasteiger partial charge in [0.05, 0.1) is 0 Å². The lowest BCUT2D eigenvalue weighted by Gasteiger charge is -2.04. The molecular formula is C16H17ClN2. The Morgan fingerprint density at radius 1 is 1.00 bits per heavy atom. The molecule has 0 aliphatic heterocycles. The highest BCUT2D eigenvalue weighted by Gasteiger charge is 2.07. The maximum absolute atomic E-state index is 5.69. The van der Waals surface area contributed by atoms with Crippen LogP contribution in [0.25, 0.3) is 22.2 Å². The number of hydrogen-bond donors (Lipinski definition) is 1. The predicted octanol–water partition coefficient (Wildman–Crippen LogP) is 3.73. The van der Waals surface area contributed by atoms with Crippen LogP contribution in [0.15, 0.2) is 54.6 Å². The van der Waals surface area contributed by atoms with Crippen molar-refractivity contribution in [1.82, 2.24) is 4.57 Å². The normalized spacial score (nSPS) is 10.4. The number of benzene rings is 2. The average Bonchev–Trinajstić information content (AvgIpc) is 2.76. The maximum atomic E-state index is 5.69. The van der Waals surface area contributed by atoms with Gasteiger partial charge >= 0.3 is 0 Å². The minimum Gasteiger partial charge on any atom is -0.344 e. The zero-order valence-corrected chi connectivity index (χ0v) is 11.7. The molecule has 1 heterocycles. The van der Waals surface area contributed by atoms with Gasteiger partial charge in [-0.05, 0) is 29.3 Å². The highest BCUT2D eigenvalue weighted by atomic mass is 35.5. The first-order valence-electron chi connectivity index (χ1n) is 6.13. The van der Waals surface area contributed by atoms with Gasteiger partial charge in [0.15, 0.2) is 0 Å². The van der Waals surface area contributed by atoms with Crippen LogP contribution in [0.3, 0.4) is 0 Å². The van der Waals surface area contributed by atoms with E-state index in [1.165, 1.54) is 27.7 Å². The molecule has 0 amide bonds. The van der Waals surface area contributed by atoms with E-state index < -0.39 is 0 Å². The molecule has 2 nitrogen and oxygen atoms in total. The number of aryl methyl sites for hydroxylation is 1. The van der Waals surface area contributed by atoms with E-state index in [-0.39, 0.29) is 12.4 Å². The third kappa shape index (κ3) is 2.37. The van der Waals surface area contributed by atoms with Gasteiger partial charge in [0, 0.05) is 30.2 Å². The number of rotatable bonds is 2. The van der Waals surface area contributed by atoms with Gasteiger partial charge in [-0.3, -0.25) is 0 Å². The minimum atomic E-state index is 0. The SMILES string of the molecule is Cl.Cn1c(-c2ccccc2)cc2cc(CN)ccc21. The van der Waals surface area contributed by atoms with Crippen LogP contribution in [-0.4, -0.2) is 4.57 Å². The van der Waals surface area contributed by atoms with E-state index in [2.05, 4.69) is 60.1 Å². The summed E-state index contributed by atoms with van der Waals surface area (Å²) in [6, 6.07) is 19.1. The predicted molar refractivity (Wildman–Crippen MR) is 83.5 cm³/mol. The van der Waals surface area contributed by atoms with Crippen LogP contribution in [0.2, 0.25) is 0 Å². The number of aromatic nitrogens is 1. The largest absolute Gasteiger partial charge is 0.344 e. The number of fused-ring (bicyclic) bond motifs is 1. The van der Waals surface area contributed by atoms with Gasteiger partial charge < -0.3 is 10.3 Å². The van der Waals surface area contributed by atoms with E-state index >= 15 is 0 Å². The first-order valence-corrected chi connectivity index (χ1v) is 6.13. The highest BCUT2D eigenvalue weighted by molar-refractivity contribution is 5.87. The van der Waals surface area contributed by atoms with Crippen LogP contribution in [-0.2, 0) is 13.6 Å². The Hall–Kier alpha value is -1.77. The summed E-state index contributed by atoms with van der Waals surface area (Å²) in [6.45, 7) is 0.589. The monoisotopic (exact) mass is 272 g/mol. The Bertz CT molecular complexity index is 687. The van der Waals surface area contributed by atoms with Crippen LogP contribution >= 0.6 is 12.4 Å². The van der Waals surface area contributed by atoms with E-state index in [1.54, 1.807) is 0 Å². The van der Waals surface area contributed by atoms with Crippen molar-refractivity contribution in [3.8, 4) is 11.3 Å². The van der Waals surface area contributed by atoms with Crippen LogP contribution in [0.4, 0.5) is 0 Å². The van der Waals surface area contributed by atoms with Gasteiger partial charge in [-0.2, -0.15) is 0 Å². The molecule has 0 spiro atoms. The van der Waals surface area contributed by atoms with Gasteiger partial charge in [-0.1, -0.05) is 36.4 Å². The fraction of sp³-hybridized carbons (Fsp3) is 0.125. The first-order chi connectivity index (χ1) is 8.79. The molecule has 19 heavy (non-hydrogen) atoms. The summed E-state index contributed by atoms with van der Waals surface area (Å²) in [5.74, 6) is 0. The molecule has 0 radical (unpaired) electrons. The molecule has 2 aromatic carbocycles. The molecule has 0 atom stereocenters. The van der Waals surface area contributed by atoms with E-state index in [0.29, 0.717) is 6.54 Å². The molecule has 3 rings (SSSR count). The van der Waals surface area contributed by atoms with Crippen molar-refractivity contribution in [1.29, 1.82) is 0 Å². The zero-order chi connectivity index (χ0) is 12.5. The smallest absolute Gasteiger partial charge is 0.0488 e. The second kappa shape index (κ2) is 5.47. The molecule has 98 valence electrons. The molecular weight excluding hydrogens is 256 g/mol. The van der Waals surface area contributed by atoms with Crippen LogP contribution in [0.1, 0.15) is 5.56 Å². The molecule has 0 bridgehead atoms. The van der Waals surface area contributed by atoms with Crippen molar-refractivity contribution in [3.63, 3.8) is 0 Å². The molecule has 0 saturated heterocycles. The molecule has 0 unspecified atom stereocenters. The second-order valence-electron chi connectivity index (χ2n) is 4.55. The second-order valence-corrected chi connectivity index (χ2v) is 4.55. The maximum Gasteiger partial charge on any atom is 0.0488 e. The van der Waals surface area contributed by atoms with Crippen molar-refractivity contribution in [2.24, 2.45) is 12.8 Å². The lowest BCUT2D eigenvalue weighted by Crippen LogP contribution is -1.95. The molecule has 0 saturated carbocycles. The molecule has 2 N–H and O–H groups in total. The van der Waals surface area contributed by atoms with Crippen molar-refractivity contribution in [2.45, 2.75) is 6.54 Å². The Balaban J connectivity index is 0.00000133. The Morgan fingerprint density at radius 3 is 2.42 bits per heavy atom. The average molecular weight is 273 g/mol. The quantitative estimate of drug-likeness (QED) is 0.757. The Labute approximate surface area is 119 Å². The summed E-state index contributed by atoms with van der Waals surface area (Å²) in [4.78, 5) is 0. The standard InChI is InChI=1S/C16H16N2.ClH/c1-18-15-8-7-12(11-17)9-14(15)10-16(18)13-5-3-2-4-6-13;/h2-10H,11,17H2,1H3;1H. The van der Waals surface area contributed by atoms with Gasteiger partial charge in [0.25, 0.3) is 0 Å². The summed E-state index contributed by atoms with van der Waals surface area (Å²) in [5, 5.41) is 1.25. The first kappa shape index (κ1) is 13.7. The van der Waals surface area contributed by atoms with E-state index in [1.807, 2.05) is 6.07 Å². The van der Waals surface area contributed by atoms with Crippen molar-refractivity contribution >= 4 is 23.3 Å². The zero-order valence-electron chi connectivity index (χ0n) is 10.8. The third-order valence-electron chi connectivity index (χ3n) is 3.41. The summed E-state index contributed by atoms with van der Waals surface area (Å²) in [5.41, 5.74) is 10.6. The summed E-state index contributed by atoms with van der Waals surface area (Å²) >= 11 is 0. The van der Waals surface area contributed by atoms with Crippen molar-refractivity contribution < 1.29 is 0 Å². The molecule has 0 aliphatic rings. The Kier molecular flexibility index (Phi) is 3.93. The topological polar surface area (TPSA) is 30.9 Å². The van der Waals surface area contributed by atoms with Gasteiger partial charge in [-0.15, -0.1) is 12.4 Å². The molecule has 1 aromatic heterocycles. The van der Waals surface area contributed by atoms with Crippen molar-refractivity contribution in [3.05, 3.63) is 60.2 Å². The third-order valence-corrected chi connectivity index (χ3v) is 3.41. The van der Waals surface area contributed by atoms with Crippen LogP contribution in [0, 0.1) is 0 Å². The fourth-order valence-electron chi connectivity index (χ4n) is 2.41. The molecule has 3 heteroatoms. The summed E-state index contributed by atoms with van der Waals surface area (Å²) in [6.07, 6.45) is 0. The number of nitrogens with two attached hydrogens (primary N) is 1. The van der Waals surface area contributed by atoms with Gasteiger partial charge in [-0.25, -0.2) is 0 Å². The van der Waals surface area contributed by atoms with Crippen molar-refractivity contribution in [2.75, 3.05) is 0 Å². The molecule has 3 aromatic rings.